The molecule has 0 unspecified atom stereocenters. The van der Waals surface area contributed by atoms with Crippen molar-refractivity contribution in [3.63, 3.8) is 0 Å². The van der Waals surface area contributed by atoms with Gasteiger partial charge in [0.15, 0.2) is 0 Å². The number of hydrogen-bond acceptors (Lipinski definition) is 2. The molecule has 0 heterocycles. The van der Waals surface area contributed by atoms with E-state index in [1.807, 2.05) is 42.5 Å². The van der Waals surface area contributed by atoms with Crippen LogP contribution in [0.4, 0.5) is 11.4 Å². The van der Waals surface area contributed by atoms with Crippen LogP contribution in [0.25, 0.3) is 0 Å². The van der Waals surface area contributed by atoms with Crippen molar-refractivity contribution in [3.05, 3.63) is 58.6 Å². The standard InChI is InChI=1S/C18H17BrN2O2/c1-12(22)21(13-10-11-13)17-9-5-4-8-16(17)20-18(23)14-6-2-3-7-15(14)19/h2-9,13H,10-11H2,1H3,(H,20,23). The highest BCUT2D eigenvalue weighted by Gasteiger charge is 2.33. The molecular weight excluding hydrogens is 356 g/mol. The number of hydrogen-bond donors (Lipinski definition) is 1. The van der Waals surface area contributed by atoms with Crippen molar-refractivity contribution in [1.82, 2.24) is 0 Å². The molecule has 5 heteroatoms. The summed E-state index contributed by atoms with van der Waals surface area (Å²) < 4.78 is 0.737. The summed E-state index contributed by atoms with van der Waals surface area (Å²) in [7, 11) is 0. The Kier molecular flexibility index (Phi) is 4.48. The van der Waals surface area contributed by atoms with Gasteiger partial charge < -0.3 is 10.2 Å². The summed E-state index contributed by atoms with van der Waals surface area (Å²) in [6.07, 6.45) is 2.01. The molecule has 0 aromatic heterocycles. The van der Waals surface area contributed by atoms with E-state index in [0.29, 0.717) is 11.3 Å². The Balaban J connectivity index is 1.90. The van der Waals surface area contributed by atoms with Gasteiger partial charge >= 0.3 is 0 Å². The topological polar surface area (TPSA) is 49.4 Å². The van der Waals surface area contributed by atoms with E-state index in [9.17, 15) is 9.59 Å². The highest BCUT2D eigenvalue weighted by Crippen LogP contribution is 2.36. The number of nitrogens with zero attached hydrogens (tertiary/aromatic N) is 1. The van der Waals surface area contributed by atoms with Crippen molar-refractivity contribution in [2.24, 2.45) is 0 Å². The first kappa shape index (κ1) is 15.7. The van der Waals surface area contributed by atoms with Crippen molar-refractivity contribution in [3.8, 4) is 0 Å². The second-order valence-corrected chi connectivity index (χ2v) is 6.43. The van der Waals surface area contributed by atoms with Crippen LogP contribution in [0.15, 0.2) is 53.0 Å². The summed E-state index contributed by atoms with van der Waals surface area (Å²) >= 11 is 3.39. The lowest BCUT2D eigenvalue weighted by Crippen LogP contribution is -2.31. The average molecular weight is 373 g/mol. The second kappa shape index (κ2) is 6.54. The fraction of sp³-hybridized carbons (Fsp3) is 0.222. The van der Waals surface area contributed by atoms with Gasteiger partial charge in [0.1, 0.15) is 0 Å². The van der Waals surface area contributed by atoms with Gasteiger partial charge in [-0.15, -0.1) is 0 Å². The fourth-order valence-corrected chi connectivity index (χ4v) is 3.05. The summed E-state index contributed by atoms with van der Waals surface area (Å²) in [4.78, 5) is 26.3. The predicted molar refractivity (Wildman–Crippen MR) is 94.7 cm³/mol. The Morgan fingerprint density at radius 1 is 1.09 bits per heavy atom. The second-order valence-electron chi connectivity index (χ2n) is 5.57. The molecule has 0 radical (unpaired) electrons. The minimum absolute atomic E-state index is 0.00455. The minimum atomic E-state index is -0.204. The summed E-state index contributed by atoms with van der Waals surface area (Å²) in [6.45, 7) is 1.56. The molecule has 118 valence electrons. The van der Waals surface area contributed by atoms with E-state index < -0.39 is 0 Å². The third kappa shape index (κ3) is 3.45. The average Bonchev–Trinajstić information content (AvgIpc) is 3.34. The normalized spacial score (nSPS) is 13.5. The Morgan fingerprint density at radius 3 is 2.39 bits per heavy atom. The number of carbonyl (C=O) groups is 2. The summed E-state index contributed by atoms with van der Waals surface area (Å²) in [5.74, 6) is -0.209. The first-order valence-corrected chi connectivity index (χ1v) is 8.32. The molecule has 3 rings (SSSR count). The molecule has 0 aliphatic heterocycles. The monoisotopic (exact) mass is 372 g/mol. The Labute approximate surface area is 143 Å². The number of halogens is 1. The van der Waals surface area contributed by atoms with Crippen LogP contribution < -0.4 is 10.2 Å². The van der Waals surface area contributed by atoms with Gasteiger partial charge in [-0.25, -0.2) is 0 Å². The third-order valence-corrected chi connectivity index (χ3v) is 4.47. The zero-order chi connectivity index (χ0) is 16.4. The molecular formula is C18H17BrN2O2. The van der Waals surface area contributed by atoms with E-state index in [1.54, 1.807) is 17.9 Å². The van der Waals surface area contributed by atoms with Gasteiger partial charge in [-0.2, -0.15) is 0 Å². The number of amides is 2. The van der Waals surface area contributed by atoms with E-state index >= 15 is 0 Å². The van der Waals surface area contributed by atoms with Crippen molar-refractivity contribution >= 4 is 39.1 Å². The van der Waals surface area contributed by atoms with Crippen LogP contribution in [-0.4, -0.2) is 17.9 Å². The number of anilines is 2. The van der Waals surface area contributed by atoms with E-state index in [-0.39, 0.29) is 17.9 Å². The van der Waals surface area contributed by atoms with Gasteiger partial charge in [-0.05, 0) is 53.0 Å². The van der Waals surface area contributed by atoms with Crippen LogP contribution >= 0.6 is 15.9 Å². The van der Waals surface area contributed by atoms with E-state index in [4.69, 9.17) is 0 Å². The number of nitrogens with one attached hydrogen (secondary N) is 1. The number of benzene rings is 2. The molecule has 0 bridgehead atoms. The number of para-hydroxylation sites is 2. The van der Waals surface area contributed by atoms with Crippen LogP contribution in [0, 0.1) is 0 Å². The molecule has 1 fully saturated rings. The lowest BCUT2D eigenvalue weighted by Gasteiger charge is -2.24. The maximum absolute atomic E-state index is 12.5. The smallest absolute Gasteiger partial charge is 0.256 e. The van der Waals surface area contributed by atoms with Gasteiger partial charge in [-0.1, -0.05) is 24.3 Å². The van der Waals surface area contributed by atoms with Crippen LogP contribution in [0.1, 0.15) is 30.1 Å². The largest absolute Gasteiger partial charge is 0.320 e. The third-order valence-electron chi connectivity index (χ3n) is 3.78. The van der Waals surface area contributed by atoms with Crippen molar-refractivity contribution in [2.75, 3.05) is 10.2 Å². The van der Waals surface area contributed by atoms with Gasteiger partial charge in [-0.3, -0.25) is 9.59 Å². The summed E-state index contributed by atoms with van der Waals surface area (Å²) in [6, 6.07) is 14.9. The van der Waals surface area contributed by atoms with Gasteiger partial charge in [0.2, 0.25) is 5.91 Å². The van der Waals surface area contributed by atoms with E-state index in [0.717, 1.165) is 23.0 Å². The van der Waals surface area contributed by atoms with Crippen molar-refractivity contribution < 1.29 is 9.59 Å². The van der Waals surface area contributed by atoms with E-state index in [2.05, 4.69) is 21.2 Å². The van der Waals surface area contributed by atoms with Crippen LogP contribution in [0.2, 0.25) is 0 Å². The van der Waals surface area contributed by atoms with Gasteiger partial charge in [0.05, 0.1) is 16.9 Å². The SMILES string of the molecule is CC(=O)N(c1ccccc1NC(=O)c1ccccc1Br)C1CC1. The molecule has 2 aromatic carbocycles. The zero-order valence-corrected chi connectivity index (χ0v) is 14.3. The molecule has 0 atom stereocenters. The summed E-state index contributed by atoms with van der Waals surface area (Å²) in [5.41, 5.74) is 1.96. The van der Waals surface area contributed by atoms with E-state index in [1.165, 1.54) is 0 Å². The lowest BCUT2D eigenvalue weighted by molar-refractivity contribution is -0.116. The van der Waals surface area contributed by atoms with Gasteiger partial charge in [0.25, 0.3) is 5.91 Å². The van der Waals surface area contributed by atoms with Gasteiger partial charge in [0, 0.05) is 17.4 Å². The van der Waals surface area contributed by atoms with Crippen LogP contribution in [-0.2, 0) is 4.79 Å². The molecule has 2 aromatic rings. The van der Waals surface area contributed by atoms with Crippen molar-refractivity contribution in [2.45, 2.75) is 25.8 Å². The molecule has 4 nitrogen and oxygen atoms in total. The predicted octanol–water partition coefficient (Wildman–Crippen LogP) is 4.22. The molecule has 1 aliphatic carbocycles. The molecule has 2 amide bonds. The highest BCUT2D eigenvalue weighted by molar-refractivity contribution is 9.10. The lowest BCUT2D eigenvalue weighted by atomic mass is 10.2. The summed E-state index contributed by atoms with van der Waals surface area (Å²) in [5, 5.41) is 2.92. The molecule has 1 N–H and O–H groups in total. The first-order chi connectivity index (χ1) is 11.1. The molecule has 23 heavy (non-hydrogen) atoms. The maximum Gasteiger partial charge on any atom is 0.256 e. The number of rotatable bonds is 4. The first-order valence-electron chi connectivity index (χ1n) is 7.52. The van der Waals surface area contributed by atoms with Crippen LogP contribution in [0.3, 0.4) is 0 Å². The maximum atomic E-state index is 12.5. The van der Waals surface area contributed by atoms with Crippen LogP contribution in [0.5, 0.6) is 0 Å². The fourth-order valence-electron chi connectivity index (χ4n) is 2.58. The quantitative estimate of drug-likeness (QED) is 0.873. The Hall–Kier alpha value is -2.14. The Bertz CT molecular complexity index is 756. The zero-order valence-electron chi connectivity index (χ0n) is 12.8. The molecule has 1 aliphatic rings. The van der Waals surface area contributed by atoms with Crippen molar-refractivity contribution in [1.29, 1.82) is 0 Å². The molecule has 0 saturated heterocycles. The Morgan fingerprint density at radius 2 is 1.74 bits per heavy atom. The highest BCUT2D eigenvalue weighted by atomic mass is 79.9. The minimum Gasteiger partial charge on any atom is -0.320 e. The molecule has 0 spiro atoms. The molecule has 1 saturated carbocycles. The number of carbonyl (C=O) groups excluding carboxylic acids is 2.